The van der Waals surface area contributed by atoms with Crippen molar-refractivity contribution in [1.29, 1.82) is 0 Å². The van der Waals surface area contributed by atoms with Gasteiger partial charge < -0.3 is 15.1 Å². The van der Waals surface area contributed by atoms with Gasteiger partial charge in [-0.2, -0.15) is 0 Å². The second kappa shape index (κ2) is 10.9. The van der Waals surface area contributed by atoms with Crippen molar-refractivity contribution in [3.05, 3.63) is 91.9 Å². The Kier molecular flexibility index (Phi) is 7.39. The Morgan fingerprint density at radius 3 is 2.63 bits per heavy atom. The fraction of sp³-hybridized carbons (Fsp3) is 0.333. The van der Waals surface area contributed by atoms with E-state index < -0.39 is 4.92 Å². The van der Waals surface area contributed by atoms with Gasteiger partial charge in [0.25, 0.3) is 5.69 Å². The molecule has 2 unspecified atom stereocenters. The van der Waals surface area contributed by atoms with E-state index in [1.54, 1.807) is 33.3 Å². The summed E-state index contributed by atoms with van der Waals surface area (Å²) in [5.41, 5.74) is 2.37. The Bertz CT molecular complexity index is 1350. The van der Waals surface area contributed by atoms with Crippen molar-refractivity contribution in [2.24, 2.45) is 0 Å². The predicted octanol–water partition coefficient (Wildman–Crippen LogP) is 4.51. The number of non-ortho nitro benzene ring substituents is 1. The van der Waals surface area contributed by atoms with Crippen molar-refractivity contribution in [3.63, 3.8) is 0 Å². The highest BCUT2D eigenvalue weighted by atomic mass is 32.1. The van der Waals surface area contributed by atoms with Gasteiger partial charge in [0, 0.05) is 54.9 Å². The van der Waals surface area contributed by atoms with Crippen LogP contribution in [0, 0.1) is 15.9 Å². The van der Waals surface area contributed by atoms with Crippen molar-refractivity contribution in [2.75, 3.05) is 38.0 Å². The fourth-order valence-electron chi connectivity index (χ4n) is 5.23. The van der Waals surface area contributed by atoms with Gasteiger partial charge in [-0.1, -0.05) is 12.1 Å². The number of anilines is 1. The van der Waals surface area contributed by atoms with Gasteiger partial charge in [-0.25, -0.2) is 9.18 Å². The molecule has 0 spiro atoms. The predicted molar refractivity (Wildman–Crippen MR) is 143 cm³/mol. The lowest BCUT2D eigenvalue weighted by Gasteiger charge is -2.41. The van der Waals surface area contributed by atoms with Crippen molar-refractivity contribution in [3.8, 4) is 0 Å². The molecule has 3 aromatic rings. The first-order chi connectivity index (χ1) is 18.3. The van der Waals surface area contributed by atoms with Crippen molar-refractivity contribution in [1.82, 2.24) is 14.7 Å². The summed E-state index contributed by atoms with van der Waals surface area (Å²) in [6.07, 6.45) is 0.846. The number of nitro benzene ring substituents is 1. The summed E-state index contributed by atoms with van der Waals surface area (Å²) in [5.74, 6) is -0.319. The summed E-state index contributed by atoms with van der Waals surface area (Å²) in [6, 6.07) is 13.6. The zero-order valence-electron chi connectivity index (χ0n) is 20.9. The number of benzene rings is 2. The largest absolute Gasteiger partial charge is 0.338 e. The number of fused-ring (bicyclic) bond motifs is 1. The van der Waals surface area contributed by atoms with Gasteiger partial charge in [-0.05, 0) is 60.2 Å². The first kappa shape index (κ1) is 25.8. The minimum Gasteiger partial charge on any atom is -0.338 e. The number of nitrogens with zero attached hydrogens (tertiary/aromatic N) is 4. The lowest BCUT2D eigenvalue weighted by atomic mass is 9.93. The van der Waals surface area contributed by atoms with Crippen LogP contribution in [0.4, 0.5) is 20.6 Å². The Balaban J connectivity index is 1.22. The van der Waals surface area contributed by atoms with Crippen LogP contribution in [0.3, 0.4) is 0 Å². The van der Waals surface area contributed by atoms with Gasteiger partial charge in [-0.3, -0.25) is 19.8 Å². The summed E-state index contributed by atoms with van der Waals surface area (Å²) < 4.78 is 14.1. The number of urea groups is 1. The van der Waals surface area contributed by atoms with E-state index in [2.05, 4.69) is 16.3 Å². The van der Waals surface area contributed by atoms with Crippen LogP contribution in [0.25, 0.3) is 0 Å². The van der Waals surface area contributed by atoms with E-state index in [1.165, 1.54) is 35.2 Å². The Hall–Kier alpha value is -3.83. The van der Waals surface area contributed by atoms with Crippen LogP contribution in [0.15, 0.2) is 60.0 Å². The molecule has 1 fully saturated rings. The number of thiophene rings is 1. The molecule has 1 N–H and O–H groups in total. The first-order valence-electron chi connectivity index (χ1n) is 12.5. The molecule has 0 bridgehead atoms. The number of carbonyl (C=O) groups excluding carboxylic acids is 2. The summed E-state index contributed by atoms with van der Waals surface area (Å²) in [6.45, 7) is 3.97. The standard InChI is InChI=1S/C27H28FN5O4S/c1-18-16-30(12-13-32(18)27(35)29-21-5-7-22(8-6-21)33(36)37)25(34)17-31-11-9-24-23(10-14-38-24)26(31)19-3-2-4-20(28)15-19/h2-8,10,14-15,18,26H,9,11-13,16-17H2,1H3,(H,29,35). The lowest BCUT2D eigenvalue weighted by molar-refractivity contribution is -0.384. The van der Waals surface area contributed by atoms with E-state index in [9.17, 15) is 24.1 Å². The van der Waals surface area contributed by atoms with Crippen LogP contribution in [-0.2, 0) is 11.2 Å². The molecule has 1 saturated heterocycles. The van der Waals surface area contributed by atoms with Crippen LogP contribution in [0.2, 0.25) is 0 Å². The molecule has 1 aromatic heterocycles. The molecule has 2 aliphatic rings. The monoisotopic (exact) mass is 537 g/mol. The highest BCUT2D eigenvalue weighted by molar-refractivity contribution is 7.10. The van der Waals surface area contributed by atoms with E-state index in [0.29, 0.717) is 31.9 Å². The first-order valence-corrected chi connectivity index (χ1v) is 13.3. The van der Waals surface area contributed by atoms with Gasteiger partial charge in [0.05, 0.1) is 17.5 Å². The molecule has 2 atom stereocenters. The highest BCUT2D eigenvalue weighted by Gasteiger charge is 2.34. The third-order valence-electron chi connectivity index (χ3n) is 7.14. The molecule has 2 aliphatic heterocycles. The summed E-state index contributed by atoms with van der Waals surface area (Å²) in [5, 5.41) is 15.7. The second-order valence-corrected chi connectivity index (χ2v) is 10.6. The lowest BCUT2D eigenvalue weighted by Crippen LogP contribution is -2.58. The van der Waals surface area contributed by atoms with Crippen LogP contribution >= 0.6 is 11.3 Å². The number of piperazine rings is 1. The molecule has 0 saturated carbocycles. The van der Waals surface area contributed by atoms with E-state index in [1.807, 2.05) is 18.4 Å². The topological polar surface area (TPSA) is 99.0 Å². The number of hydrogen-bond acceptors (Lipinski definition) is 6. The smallest absolute Gasteiger partial charge is 0.322 e. The van der Waals surface area contributed by atoms with Gasteiger partial charge in [0.2, 0.25) is 5.91 Å². The van der Waals surface area contributed by atoms with Crippen LogP contribution < -0.4 is 5.32 Å². The summed E-state index contributed by atoms with van der Waals surface area (Å²) >= 11 is 1.69. The number of nitro groups is 1. The average Bonchev–Trinajstić information content (AvgIpc) is 3.37. The molecule has 3 heterocycles. The van der Waals surface area contributed by atoms with Crippen molar-refractivity contribution in [2.45, 2.75) is 25.4 Å². The number of rotatable bonds is 5. The average molecular weight is 538 g/mol. The van der Waals surface area contributed by atoms with Gasteiger partial charge in [0.1, 0.15) is 5.82 Å². The number of halogens is 1. The molecule has 5 rings (SSSR count). The second-order valence-electron chi connectivity index (χ2n) is 9.59. The van der Waals surface area contributed by atoms with E-state index in [0.717, 1.165) is 17.5 Å². The van der Waals surface area contributed by atoms with Gasteiger partial charge in [0.15, 0.2) is 0 Å². The van der Waals surface area contributed by atoms with Gasteiger partial charge >= 0.3 is 6.03 Å². The summed E-state index contributed by atoms with van der Waals surface area (Å²) in [4.78, 5) is 43.4. The number of hydrogen-bond donors (Lipinski definition) is 1. The number of amides is 3. The van der Waals surface area contributed by atoms with Crippen LogP contribution in [-0.4, -0.2) is 70.3 Å². The number of nitrogens with one attached hydrogen (secondary N) is 1. The highest BCUT2D eigenvalue weighted by Crippen LogP contribution is 2.37. The molecule has 9 nitrogen and oxygen atoms in total. The van der Waals surface area contributed by atoms with Gasteiger partial charge in [-0.15, -0.1) is 11.3 Å². The maximum Gasteiger partial charge on any atom is 0.322 e. The molecular weight excluding hydrogens is 509 g/mol. The molecule has 38 heavy (non-hydrogen) atoms. The third kappa shape index (κ3) is 5.39. The molecule has 0 radical (unpaired) electrons. The fourth-order valence-corrected chi connectivity index (χ4v) is 6.13. The Labute approximate surface area is 223 Å². The van der Waals surface area contributed by atoms with Crippen LogP contribution in [0.1, 0.15) is 29.0 Å². The SMILES string of the molecule is CC1CN(C(=O)CN2CCc3sccc3C2c2cccc(F)c2)CCN1C(=O)Nc1ccc([N+](=O)[O-])cc1. The Morgan fingerprint density at radius 2 is 1.92 bits per heavy atom. The molecular formula is C27H28FN5O4S. The maximum absolute atomic E-state index is 14.1. The molecule has 198 valence electrons. The minimum atomic E-state index is -0.493. The normalized spacial score (nSPS) is 19.6. The molecule has 2 aromatic carbocycles. The third-order valence-corrected chi connectivity index (χ3v) is 8.14. The quantitative estimate of drug-likeness (QED) is 0.382. The zero-order valence-corrected chi connectivity index (χ0v) is 21.7. The van der Waals surface area contributed by atoms with E-state index >= 15 is 0 Å². The van der Waals surface area contributed by atoms with Crippen molar-refractivity contribution >= 4 is 34.6 Å². The molecule has 3 amide bonds. The van der Waals surface area contributed by atoms with E-state index in [-0.39, 0.29) is 42.1 Å². The van der Waals surface area contributed by atoms with E-state index in [4.69, 9.17) is 0 Å². The molecule has 11 heteroatoms. The zero-order chi connectivity index (χ0) is 26.8. The molecule has 0 aliphatic carbocycles. The van der Waals surface area contributed by atoms with Crippen LogP contribution in [0.5, 0.6) is 0 Å². The maximum atomic E-state index is 14.1. The number of carbonyl (C=O) groups is 2. The summed E-state index contributed by atoms with van der Waals surface area (Å²) in [7, 11) is 0. The van der Waals surface area contributed by atoms with Crippen molar-refractivity contribution < 1.29 is 18.9 Å². The Morgan fingerprint density at radius 1 is 1.13 bits per heavy atom. The minimum absolute atomic E-state index is 0.0210.